The highest BCUT2D eigenvalue weighted by Gasteiger charge is 2.47. The average molecular weight is 246 g/mol. The predicted octanol–water partition coefficient (Wildman–Crippen LogP) is 2.46. The number of hydrogen-bond donors (Lipinski definition) is 2. The molecule has 1 amide bonds. The van der Waals surface area contributed by atoms with Crippen LogP contribution in [-0.4, -0.2) is 19.2 Å². The van der Waals surface area contributed by atoms with Crippen LogP contribution >= 0.6 is 0 Å². The number of rotatable bonds is 0. The van der Waals surface area contributed by atoms with Crippen molar-refractivity contribution in [2.24, 2.45) is 5.41 Å². The second-order valence-corrected chi connectivity index (χ2v) is 6.00. The molecule has 2 aliphatic heterocycles. The molecule has 1 fully saturated rings. The summed E-state index contributed by atoms with van der Waals surface area (Å²) in [7, 11) is 0. The van der Waals surface area contributed by atoms with Crippen LogP contribution in [0.1, 0.15) is 25.8 Å². The third-order valence-corrected chi connectivity index (χ3v) is 3.72. The molecule has 4 heteroatoms. The zero-order valence-corrected chi connectivity index (χ0v) is 10.7. The third kappa shape index (κ3) is 1.77. The van der Waals surface area contributed by atoms with E-state index in [1.165, 1.54) is 0 Å². The van der Waals surface area contributed by atoms with Gasteiger partial charge in [-0.15, -0.1) is 0 Å². The summed E-state index contributed by atoms with van der Waals surface area (Å²) in [6, 6.07) is 7.89. The lowest BCUT2D eigenvalue weighted by molar-refractivity contribution is -0.0415. The maximum absolute atomic E-state index is 11.7. The summed E-state index contributed by atoms with van der Waals surface area (Å²) in [6.07, 6.45) is 0.491. The molecule has 0 radical (unpaired) electrons. The normalized spacial score (nSPS) is 29.3. The number of nitrogens with one attached hydrogen (secondary N) is 2. The summed E-state index contributed by atoms with van der Waals surface area (Å²) in [5, 5.41) is 6.16. The van der Waals surface area contributed by atoms with Crippen molar-refractivity contribution < 1.29 is 9.53 Å². The van der Waals surface area contributed by atoms with E-state index >= 15 is 0 Å². The fraction of sp³-hybridized carbons (Fsp3) is 0.500. The summed E-state index contributed by atoms with van der Waals surface area (Å²) < 4.78 is 5.66. The van der Waals surface area contributed by atoms with Gasteiger partial charge in [0.1, 0.15) is 0 Å². The smallest absolute Gasteiger partial charge is 0.412 e. The van der Waals surface area contributed by atoms with Crippen LogP contribution in [0.2, 0.25) is 0 Å². The van der Waals surface area contributed by atoms with Crippen LogP contribution in [0.15, 0.2) is 24.3 Å². The fourth-order valence-corrected chi connectivity index (χ4v) is 3.12. The van der Waals surface area contributed by atoms with Crippen LogP contribution in [0.25, 0.3) is 0 Å². The molecule has 2 N–H and O–H groups in total. The van der Waals surface area contributed by atoms with Crippen molar-refractivity contribution >= 4 is 11.8 Å². The van der Waals surface area contributed by atoms with Crippen LogP contribution in [-0.2, 0) is 10.3 Å². The Bertz CT molecular complexity index is 498. The molecule has 2 aliphatic rings. The Morgan fingerprint density at radius 3 is 2.78 bits per heavy atom. The minimum atomic E-state index is -0.527. The molecule has 1 saturated heterocycles. The third-order valence-electron chi connectivity index (χ3n) is 3.72. The maximum atomic E-state index is 11.7. The van der Waals surface area contributed by atoms with Gasteiger partial charge in [-0.3, -0.25) is 5.32 Å². The lowest BCUT2D eigenvalue weighted by Gasteiger charge is -2.47. The van der Waals surface area contributed by atoms with Crippen molar-refractivity contribution in [1.29, 1.82) is 0 Å². The number of para-hydroxylation sites is 1. The Labute approximate surface area is 107 Å². The lowest BCUT2D eigenvalue weighted by atomic mass is 9.73. The Balaban J connectivity index is 2.08. The number of hydrogen-bond acceptors (Lipinski definition) is 3. The lowest BCUT2D eigenvalue weighted by Crippen LogP contribution is -2.55. The molecular formula is C14H18N2O2. The molecular weight excluding hydrogens is 228 g/mol. The van der Waals surface area contributed by atoms with Gasteiger partial charge >= 0.3 is 6.09 Å². The molecule has 1 aromatic carbocycles. The van der Waals surface area contributed by atoms with Gasteiger partial charge in [0.15, 0.2) is 5.60 Å². The molecule has 4 nitrogen and oxygen atoms in total. The van der Waals surface area contributed by atoms with Gasteiger partial charge < -0.3 is 10.1 Å². The van der Waals surface area contributed by atoms with Gasteiger partial charge in [0.05, 0.1) is 5.69 Å². The van der Waals surface area contributed by atoms with Crippen molar-refractivity contribution in [2.75, 3.05) is 18.4 Å². The number of carbonyl (C=O) groups excluding carboxylic acids is 1. The first kappa shape index (κ1) is 11.5. The van der Waals surface area contributed by atoms with Crippen molar-refractivity contribution in [1.82, 2.24) is 5.32 Å². The van der Waals surface area contributed by atoms with E-state index in [4.69, 9.17) is 4.74 Å². The van der Waals surface area contributed by atoms with Crippen LogP contribution in [0.3, 0.4) is 0 Å². The van der Waals surface area contributed by atoms with E-state index in [0.717, 1.165) is 24.2 Å². The SMILES string of the molecule is CC1(C)CNCC2(C1)OC(=O)Nc1ccccc12. The van der Waals surface area contributed by atoms with E-state index in [-0.39, 0.29) is 11.5 Å². The highest BCUT2D eigenvalue weighted by molar-refractivity contribution is 5.88. The molecule has 3 rings (SSSR count). The maximum Gasteiger partial charge on any atom is 0.412 e. The van der Waals surface area contributed by atoms with Gasteiger partial charge in [0, 0.05) is 18.7 Å². The quantitative estimate of drug-likeness (QED) is 0.739. The molecule has 2 heterocycles. The number of piperidine rings is 1. The van der Waals surface area contributed by atoms with Crippen LogP contribution < -0.4 is 10.6 Å². The summed E-state index contributed by atoms with van der Waals surface area (Å²) in [4.78, 5) is 11.7. The minimum Gasteiger partial charge on any atom is -0.436 e. The van der Waals surface area contributed by atoms with E-state index in [9.17, 15) is 4.79 Å². The second-order valence-electron chi connectivity index (χ2n) is 6.00. The van der Waals surface area contributed by atoms with Crippen LogP contribution in [0.4, 0.5) is 10.5 Å². The fourth-order valence-electron chi connectivity index (χ4n) is 3.12. The first-order valence-electron chi connectivity index (χ1n) is 6.31. The number of amides is 1. The molecule has 1 spiro atoms. The Morgan fingerprint density at radius 2 is 2.00 bits per heavy atom. The van der Waals surface area contributed by atoms with E-state index < -0.39 is 5.60 Å². The average Bonchev–Trinajstić information content (AvgIpc) is 2.27. The Hall–Kier alpha value is -1.55. The van der Waals surface area contributed by atoms with Crippen molar-refractivity contribution in [3.63, 3.8) is 0 Å². The predicted molar refractivity (Wildman–Crippen MR) is 69.5 cm³/mol. The molecule has 96 valence electrons. The van der Waals surface area contributed by atoms with Gasteiger partial charge in [-0.1, -0.05) is 32.0 Å². The number of benzene rings is 1. The van der Waals surface area contributed by atoms with Gasteiger partial charge in [-0.05, 0) is 17.9 Å². The minimum absolute atomic E-state index is 0.114. The van der Waals surface area contributed by atoms with Crippen molar-refractivity contribution in [2.45, 2.75) is 25.9 Å². The van der Waals surface area contributed by atoms with Gasteiger partial charge in [0.2, 0.25) is 0 Å². The highest BCUT2D eigenvalue weighted by Crippen LogP contribution is 2.45. The van der Waals surface area contributed by atoms with Gasteiger partial charge in [0.25, 0.3) is 0 Å². The molecule has 0 aliphatic carbocycles. The zero-order chi connectivity index (χ0) is 12.8. The number of carbonyl (C=O) groups is 1. The van der Waals surface area contributed by atoms with E-state index in [0.29, 0.717) is 6.54 Å². The van der Waals surface area contributed by atoms with Gasteiger partial charge in [-0.2, -0.15) is 0 Å². The Morgan fingerprint density at radius 1 is 1.22 bits per heavy atom. The molecule has 0 aromatic heterocycles. The van der Waals surface area contributed by atoms with E-state index in [2.05, 4.69) is 24.5 Å². The first-order valence-corrected chi connectivity index (χ1v) is 6.31. The van der Waals surface area contributed by atoms with E-state index in [1.54, 1.807) is 0 Å². The topological polar surface area (TPSA) is 50.4 Å². The summed E-state index contributed by atoms with van der Waals surface area (Å²) in [6.45, 7) is 6.02. The van der Waals surface area contributed by atoms with Crippen molar-refractivity contribution in [3.8, 4) is 0 Å². The highest BCUT2D eigenvalue weighted by atomic mass is 16.6. The molecule has 1 atom stereocenters. The number of fused-ring (bicyclic) bond motifs is 2. The zero-order valence-electron chi connectivity index (χ0n) is 10.7. The molecule has 0 saturated carbocycles. The molecule has 1 unspecified atom stereocenters. The number of anilines is 1. The molecule has 18 heavy (non-hydrogen) atoms. The first-order chi connectivity index (χ1) is 8.51. The largest absolute Gasteiger partial charge is 0.436 e. The standard InChI is InChI=1S/C14H18N2O2/c1-13(2)7-14(9-15-8-13)10-5-3-4-6-11(10)16-12(17)18-14/h3-6,15H,7-9H2,1-2H3,(H,16,17). The summed E-state index contributed by atoms with van der Waals surface area (Å²) >= 11 is 0. The van der Waals surface area contributed by atoms with E-state index in [1.807, 2.05) is 24.3 Å². The monoisotopic (exact) mass is 246 g/mol. The summed E-state index contributed by atoms with van der Waals surface area (Å²) in [5.74, 6) is 0. The molecule has 0 bridgehead atoms. The van der Waals surface area contributed by atoms with Crippen molar-refractivity contribution in [3.05, 3.63) is 29.8 Å². The summed E-state index contributed by atoms with van der Waals surface area (Å²) in [5.41, 5.74) is 1.53. The molecule has 1 aromatic rings. The van der Waals surface area contributed by atoms with Crippen LogP contribution in [0.5, 0.6) is 0 Å². The Kier molecular flexibility index (Phi) is 2.38. The second kappa shape index (κ2) is 3.72. The van der Waals surface area contributed by atoms with Crippen LogP contribution in [0, 0.1) is 5.41 Å². The van der Waals surface area contributed by atoms with Gasteiger partial charge in [-0.25, -0.2) is 4.79 Å². The number of ether oxygens (including phenoxy) is 1.